The van der Waals surface area contributed by atoms with Crippen LogP contribution in [0.5, 0.6) is 0 Å². The van der Waals surface area contributed by atoms with Crippen LogP contribution in [0.25, 0.3) is 0 Å². The number of amidine groups is 1. The maximum absolute atomic E-state index is 4.76. The summed E-state index contributed by atoms with van der Waals surface area (Å²) in [6.07, 6.45) is 4.14. The lowest BCUT2D eigenvalue weighted by Crippen LogP contribution is -2.39. The first kappa shape index (κ1) is 14.2. The van der Waals surface area contributed by atoms with Crippen molar-refractivity contribution in [1.82, 2.24) is 10.2 Å². The summed E-state index contributed by atoms with van der Waals surface area (Å²) in [7, 11) is 0. The SMILES string of the molecule is CC(C)[C@H]1CSC(=NCC(C)N2CCCCC2)N1. The maximum Gasteiger partial charge on any atom is 0.156 e. The van der Waals surface area contributed by atoms with Crippen molar-refractivity contribution in [2.45, 2.75) is 52.1 Å². The highest BCUT2D eigenvalue weighted by Crippen LogP contribution is 2.19. The number of hydrogen-bond acceptors (Lipinski definition) is 3. The Balaban J connectivity index is 1.76. The average Bonchev–Trinajstić information content (AvgIpc) is 2.86. The topological polar surface area (TPSA) is 27.6 Å². The summed E-state index contributed by atoms with van der Waals surface area (Å²) in [4.78, 5) is 7.35. The highest BCUT2D eigenvalue weighted by atomic mass is 32.2. The number of likely N-dealkylation sites (tertiary alicyclic amines) is 1. The molecule has 0 aromatic rings. The van der Waals surface area contributed by atoms with Gasteiger partial charge in [-0.15, -0.1) is 0 Å². The number of piperidine rings is 1. The first-order valence-corrected chi connectivity index (χ1v) is 8.33. The number of rotatable bonds is 4. The van der Waals surface area contributed by atoms with Crippen LogP contribution in [0.4, 0.5) is 0 Å². The van der Waals surface area contributed by atoms with Crippen molar-refractivity contribution in [3.05, 3.63) is 0 Å². The van der Waals surface area contributed by atoms with Crippen LogP contribution in [0.15, 0.2) is 4.99 Å². The minimum Gasteiger partial charge on any atom is -0.361 e. The third-order valence-corrected chi connectivity index (χ3v) is 5.07. The van der Waals surface area contributed by atoms with E-state index >= 15 is 0 Å². The van der Waals surface area contributed by atoms with E-state index in [0.717, 1.165) is 11.7 Å². The van der Waals surface area contributed by atoms with Gasteiger partial charge in [-0.3, -0.25) is 9.89 Å². The van der Waals surface area contributed by atoms with Crippen molar-refractivity contribution >= 4 is 16.9 Å². The summed E-state index contributed by atoms with van der Waals surface area (Å²) in [6.45, 7) is 10.3. The zero-order valence-corrected chi connectivity index (χ0v) is 12.8. The molecule has 104 valence electrons. The molecular formula is C14H27N3S. The number of hydrogen-bond donors (Lipinski definition) is 1. The van der Waals surface area contributed by atoms with Gasteiger partial charge in [0.1, 0.15) is 0 Å². The van der Waals surface area contributed by atoms with E-state index in [1.165, 1.54) is 38.1 Å². The molecule has 2 heterocycles. The molecule has 2 atom stereocenters. The number of thioether (sulfide) groups is 1. The van der Waals surface area contributed by atoms with Gasteiger partial charge in [0.15, 0.2) is 5.17 Å². The van der Waals surface area contributed by atoms with Gasteiger partial charge < -0.3 is 5.32 Å². The van der Waals surface area contributed by atoms with E-state index in [9.17, 15) is 0 Å². The van der Waals surface area contributed by atoms with E-state index < -0.39 is 0 Å². The lowest BCUT2D eigenvalue weighted by molar-refractivity contribution is 0.178. The molecular weight excluding hydrogens is 242 g/mol. The molecule has 1 N–H and O–H groups in total. The number of nitrogens with zero attached hydrogens (tertiary/aromatic N) is 2. The van der Waals surface area contributed by atoms with Crippen LogP contribution in [0.2, 0.25) is 0 Å². The fourth-order valence-corrected chi connectivity index (χ4v) is 3.76. The lowest BCUT2D eigenvalue weighted by Gasteiger charge is -2.31. The Kier molecular flexibility index (Phi) is 5.37. The first-order chi connectivity index (χ1) is 8.66. The molecule has 1 unspecified atom stereocenters. The molecule has 0 aromatic carbocycles. The van der Waals surface area contributed by atoms with Gasteiger partial charge in [-0.25, -0.2) is 0 Å². The maximum atomic E-state index is 4.76. The van der Waals surface area contributed by atoms with Crippen molar-refractivity contribution in [1.29, 1.82) is 0 Å². The second kappa shape index (κ2) is 6.80. The van der Waals surface area contributed by atoms with Crippen molar-refractivity contribution in [3.8, 4) is 0 Å². The molecule has 2 saturated heterocycles. The third-order valence-electron chi connectivity index (χ3n) is 4.03. The fourth-order valence-electron chi connectivity index (χ4n) is 2.55. The largest absolute Gasteiger partial charge is 0.361 e. The zero-order chi connectivity index (χ0) is 13.0. The van der Waals surface area contributed by atoms with Crippen LogP contribution in [-0.4, -0.2) is 47.5 Å². The van der Waals surface area contributed by atoms with Gasteiger partial charge in [0.2, 0.25) is 0 Å². The minimum atomic E-state index is 0.596. The molecule has 4 heteroatoms. The van der Waals surface area contributed by atoms with E-state index in [0.29, 0.717) is 18.0 Å². The fraction of sp³-hybridized carbons (Fsp3) is 0.929. The third kappa shape index (κ3) is 3.89. The number of aliphatic imine (C=N–C) groups is 1. The van der Waals surface area contributed by atoms with Crippen molar-refractivity contribution in [3.63, 3.8) is 0 Å². The monoisotopic (exact) mass is 269 g/mol. The quantitative estimate of drug-likeness (QED) is 0.850. The molecule has 2 fully saturated rings. The van der Waals surface area contributed by atoms with E-state index in [1.54, 1.807) is 0 Å². The van der Waals surface area contributed by atoms with Crippen LogP contribution < -0.4 is 5.32 Å². The van der Waals surface area contributed by atoms with Crippen molar-refractivity contribution in [2.24, 2.45) is 10.9 Å². The normalized spacial score (nSPS) is 29.8. The van der Waals surface area contributed by atoms with Gasteiger partial charge >= 0.3 is 0 Å². The first-order valence-electron chi connectivity index (χ1n) is 7.34. The van der Waals surface area contributed by atoms with Gasteiger partial charge in [0, 0.05) is 17.8 Å². The molecule has 2 aliphatic rings. The molecule has 0 spiro atoms. The Morgan fingerprint density at radius 1 is 1.28 bits per heavy atom. The molecule has 2 rings (SSSR count). The summed E-state index contributed by atoms with van der Waals surface area (Å²) in [6, 6.07) is 1.21. The second-order valence-corrected chi connectivity index (χ2v) is 6.91. The molecule has 0 aromatic heterocycles. The zero-order valence-electron chi connectivity index (χ0n) is 12.0. The van der Waals surface area contributed by atoms with Gasteiger partial charge in [-0.2, -0.15) is 0 Å². The predicted octanol–water partition coefficient (Wildman–Crippen LogP) is 2.58. The summed E-state index contributed by atoms with van der Waals surface area (Å²) in [5.41, 5.74) is 0. The standard InChI is InChI=1S/C14H27N3S/c1-11(2)13-10-18-14(16-13)15-9-12(3)17-7-5-4-6-8-17/h11-13H,4-10H2,1-3H3,(H,15,16)/t12?,13-/m1/s1. The van der Waals surface area contributed by atoms with Crippen LogP contribution in [-0.2, 0) is 0 Å². The predicted molar refractivity (Wildman–Crippen MR) is 81.4 cm³/mol. The molecule has 0 aliphatic carbocycles. The van der Waals surface area contributed by atoms with Crippen LogP contribution in [0.3, 0.4) is 0 Å². The van der Waals surface area contributed by atoms with E-state index in [4.69, 9.17) is 4.99 Å². The summed E-state index contributed by atoms with van der Waals surface area (Å²) < 4.78 is 0. The van der Waals surface area contributed by atoms with Gasteiger partial charge in [-0.05, 0) is 38.8 Å². The molecule has 0 saturated carbocycles. The molecule has 3 nitrogen and oxygen atoms in total. The van der Waals surface area contributed by atoms with E-state index in [1.807, 2.05) is 11.8 Å². The Labute approximate surface area is 116 Å². The molecule has 0 amide bonds. The van der Waals surface area contributed by atoms with Gasteiger partial charge in [0.25, 0.3) is 0 Å². The number of nitrogens with one attached hydrogen (secondary N) is 1. The average molecular weight is 269 g/mol. The molecule has 0 radical (unpaired) electrons. The van der Waals surface area contributed by atoms with Crippen molar-refractivity contribution in [2.75, 3.05) is 25.4 Å². The Bertz CT molecular complexity index is 285. The lowest BCUT2D eigenvalue weighted by atomic mass is 10.1. The summed E-state index contributed by atoms with van der Waals surface area (Å²) >= 11 is 1.89. The minimum absolute atomic E-state index is 0.596. The molecule has 18 heavy (non-hydrogen) atoms. The molecule has 0 bridgehead atoms. The van der Waals surface area contributed by atoms with Gasteiger partial charge in [-0.1, -0.05) is 32.0 Å². The smallest absolute Gasteiger partial charge is 0.156 e. The van der Waals surface area contributed by atoms with Crippen LogP contribution in [0.1, 0.15) is 40.0 Å². The summed E-state index contributed by atoms with van der Waals surface area (Å²) in [5.74, 6) is 1.87. The van der Waals surface area contributed by atoms with Crippen LogP contribution in [0, 0.1) is 5.92 Å². The van der Waals surface area contributed by atoms with Gasteiger partial charge in [0.05, 0.1) is 6.54 Å². The molecule has 2 aliphatic heterocycles. The van der Waals surface area contributed by atoms with E-state index in [-0.39, 0.29) is 0 Å². The highest BCUT2D eigenvalue weighted by Gasteiger charge is 2.23. The Morgan fingerprint density at radius 2 is 2.00 bits per heavy atom. The summed E-state index contributed by atoms with van der Waals surface area (Å²) in [5, 5.41) is 4.71. The Hall–Kier alpha value is -0.220. The van der Waals surface area contributed by atoms with Crippen molar-refractivity contribution < 1.29 is 0 Å². The Morgan fingerprint density at radius 3 is 2.61 bits per heavy atom. The van der Waals surface area contributed by atoms with Crippen LogP contribution >= 0.6 is 11.8 Å². The van der Waals surface area contributed by atoms with E-state index in [2.05, 4.69) is 31.0 Å². The second-order valence-electron chi connectivity index (χ2n) is 5.90. The highest BCUT2D eigenvalue weighted by molar-refractivity contribution is 8.14.